The fourth-order valence-electron chi connectivity index (χ4n) is 2.46. The van der Waals surface area contributed by atoms with E-state index in [4.69, 9.17) is 5.73 Å². The lowest BCUT2D eigenvalue weighted by Gasteiger charge is -2.27. The first kappa shape index (κ1) is 20.5. The molecule has 2 rings (SSSR count). The molecule has 0 aliphatic rings. The van der Waals surface area contributed by atoms with E-state index in [9.17, 15) is 9.18 Å². The molecule has 24 heavy (non-hydrogen) atoms. The summed E-state index contributed by atoms with van der Waals surface area (Å²) < 4.78 is 13.7. The maximum absolute atomic E-state index is 13.7. The van der Waals surface area contributed by atoms with Crippen LogP contribution >= 0.6 is 23.7 Å². The first-order chi connectivity index (χ1) is 11.0. The van der Waals surface area contributed by atoms with Crippen LogP contribution in [0.1, 0.15) is 37.1 Å². The van der Waals surface area contributed by atoms with Gasteiger partial charge in [-0.25, -0.2) is 9.37 Å². The largest absolute Gasteiger partial charge is 0.329 e. The Morgan fingerprint density at radius 2 is 2.00 bits per heavy atom. The summed E-state index contributed by atoms with van der Waals surface area (Å²) in [7, 11) is 0. The lowest BCUT2D eigenvalue weighted by molar-refractivity contribution is -0.125. The van der Waals surface area contributed by atoms with Gasteiger partial charge in [-0.15, -0.1) is 23.7 Å². The number of hydrogen-bond acceptors (Lipinski definition) is 4. The zero-order valence-corrected chi connectivity index (χ0v) is 15.5. The van der Waals surface area contributed by atoms with Crippen LogP contribution in [0.5, 0.6) is 0 Å². The van der Waals surface area contributed by atoms with Crippen LogP contribution in [-0.2, 0) is 11.2 Å². The number of anilines is 1. The second-order valence-electron chi connectivity index (χ2n) is 5.55. The molecule has 132 valence electrons. The van der Waals surface area contributed by atoms with Crippen molar-refractivity contribution in [1.82, 2.24) is 4.98 Å². The lowest BCUT2D eigenvalue weighted by atomic mass is 9.81. The van der Waals surface area contributed by atoms with Gasteiger partial charge in [0.15, 0.2) is 5.13 Å². The molecular weight excluding hydrogens is 349 g/mol. The summed E-state index contributed by atoms with van der Waals surface area (Å²) in [6, 6.07) is 6.66. The normalized spacial score (nSPS) is 11.0. The fourth-order valence-corrected chi connectivity index (χ4v) is 3.29. The second-order valence-corrected chi connectivity index (χ2v) is 6.66. The van der Waals surface area contributed by atoms with Crippen molar-refractivity contribution in [3.8, 4) is 0 Å². The van der Waals surface area contributed by atoms with E-state index < -0.39 is 5.41 Å². The van der Waals surface area contributed by atoms with Crippen molar-refractivity contribution in [2.75, 3.05) is 11.9 Å². The number of carbonyl (C=O) groups is 1. The number of nitrogens with two attached hydrogens (primary N) is 1. The number of thiazole rings is 1. The van der Waals surface area contributed by atoms with E-state index in [0.29, 0.717) is 36.5 Å². The monoisotopic (exact) mass is 371 g/mol. The average molecular weight is 372 g/mol. The maximum atomic E-state index is 13.7. The van der Waals surface area contributed by atoms with Crippen molar-refractivity contribution in [2.24, 2.45) is 11.1 Å². The van der Waals surface area contributed by atoms with Crippen LogP contribution in [0.3, 0.4) is 0 Å². The predicted molar refractivity (Wildman–Crippen MR) is 99.3 cm³/mol. The Bertz CT molecular complexity index is 665. The van der Waals surface area contributed by atoms with Crippen LogP contribution in [-0.4, -0.2) is 17.4 Å². The molecule has 0 aliphatic heterocycles. The summed E-state index contributed by atoms with van der Waals surface area (Å²) in [5.74, 6) is -0.331. The van der Waals surface area contributed by atoms with Crippen molar-refractivity contribution in [3.63, 3.8) is 0 Å². The summed E-state index contributed by atoms with van der Waals surface area (Å²) >= 11 is 1.36. The van der Waals surface area contributed by atoms with Gasteiger partial charge in [0, 0.05) is 24.0 Å². The van der Waals surface area contributed by atoms with Crippen LogP contribution < -0.4 is 11.1 Å². The first-order valence-corrected chi connectivity index (χ1v) is 8.56. The summed E-state index contributed by atoms with van der Waals surface area (Å²) in [6.45, 7) is 4.22. The molecule has 0 unspecified atom stereocenters. The lowest BCUT2D eigenvalue weighted by Crippen LogP contribution is -2.41. The quantitative estimate of drug-likeness (QED) is 0.773. The minimum absolute atomic E-state index is 0. The Morgan fingerprint density at radius 3 is 2.58 bits per heavy atom. The van der Waals surface area contributed by atoms with E-state index in [2.05, 4.69) is 10.3 Å². The number of carbonyl (C=O) groups excluding carboxylic acids is 1. The highest BCUT2D eigenvalue weighted by Crippen LogP contribution is 2.29. The van der Waals surface area contributed by atoms with Gasteiger partial charge in [-0.1, -0.05) is 32.0 Å². The number of nitrogens with one attached hydrogen (secondary N) is 1. The molecule has 0 radical (unpaired) electrons. The van der Waals surface area contributed by atoms with E-state index in [1.165, 1.54) is 17.4 Å². The molecule has 0 aliphatic carbocycles. The van der Waals surface area contributed by atoms with E-state index >= 15 is 0 Å². The maximum Gasteiger partial charge on any atom is 0.233 e. The number of nitrogens with zero attached hydrogens (tertiary/aromatic N) is 1. The Hall–Kier alpha value is -1.50. The third-order valence-electron chi connectivity index (χ3n) is 4.32. The summed E-state index contributed by atoms with van der Waals surface area (Å²) in [4.78, 5) is 17.6. The van der Waals surface area contributed by atoms with Crippen LogP contribution in [0, 0.1) is 11.2 Å². The van der Waals surface area contributed by atoms with Crippen LogP contribution in [0.2, 0.25) is 0 Å². The van der Waals surface area contributed by atoms with Crippen molar-refractivity contribution >= 4 is 34.8 Å². The molecule has 1 aromatic heterocycles. The highest BCUT2D eigenvalue weighted by molar-refractivity contribution is 7.15. The molecule has 7 heteroatoms. The van der Waals surface area contributed by atoms with Crippen LogP contribution in [0.4, 0.5) is 9.52 Å². The highest BCUT2D eigenvalue weighted by Gasteiger charge is 2.33. The Labute approximate surface area is 152 Å². The Balaban J connectivity index is 0.00000288. The van der Waals surface area contributed by atoms with Gasteiger partial charge in [0.05, 0.1) is 5.41 Å². The van der Waals surface area contributed by atoms with Gasteiger partial charge in [0.25, 0.3) is 0 Å². The Kier molecular flexibility index (Phi) is 7.79. The molecule has 0 saturated carbocycles. The third kappa shape index (κ3) is 4.53. The van der Waals surface area contributed by atoms with Crippen molar-refractivity contribution in [3.05, 3.63) is 46.7 Å². The van der Waals surface area contributed by atoms with Gasteiger partial charge in [-0.2, -0.15) is 0 Å². The molecule has 0 fully saturated rings. The number of aromatic nitrogens is 1. The number of halogens is 2. The van der Waals surface area contributed by atoms with Crippen LogP contribution in [0.15, 0.2) is 30.5 Å². The van der Waals surface area contributed by atoms with Gasteiger partial charge in [0.2, 0.25) is 5.91 Å². The topological polar surface area (TPSA) is 68.0 Å². The molecule has 1 amide bonds. The van der Waals surface area contributed by atoms with E-state index in [1.807, 2.05) is 13.8 Å². The SMILES string of the molecule is CCC(CC)(CN)C(=O)Nc1ncc(Cc2ccccc2F)s1.Cl. The number of rotatable bonds is 7. The molecule has 0 spiro atoms. The molecule has 3 N–H and O–H groups in total. The molecule has 0 saturated heterocycles. The molecule has 0 bridgehead atoms. The molecule has 0 atom stereocenters. The van der Waals surface area contributed by atoms with Crippen molar-refractivity contribution in [2.45, 2.75) is 33.1 Å². The van der Waals surface area contributed by atoms with Gasteiger partial charge in [0.1, 0.15) is 5.82 Å². The second kappa shape index (κ2) is 9.11. The number of benzene rings is 1. The summed E-state index contributed by atoms with van der Waals surface area (Å²) in [6.07, 6.45) is 3.50. The van der Waals surface area contributed by atoms with Crippen molar-refractivity contribution in [1.29, 1.82) is 0 Å². The number of hydrogen-bond donors (Lipinski definition) is 2. The zero-order valence-electron chi connectivity index (χ0n) is 13.8. The van der Waals surface area contributed by atoms with Crippen LogP contribution in [0.25, 0.3) is 0 Å². The molecular formula is C17H23ClFN3OS. The first-order valence-electron chi connectivity index (χ1n) is 7.74. The van der Waals surface area contributed by atoms with E-state index in [0.717, 1.165) is 4.88 Å². The molecule has 2 aromatic rings. The smallest absolute Gasteiger partial charge is 0.233 e. The van der Waals surface area contributed by atoms with Gasteiger partial charge >= 0.3 is 0 Å². The average Bonchev–Trinajstić information content (AvgIpc) is 2.99. The zero-order chi connectivity index (χ0) is 16.9. The van der Waals surface area contributed by atoms with Gasteiger partial charge in [-0.3, -0.25) is 4.79 Å². The fraction of sp³-hybridized carbons (Fsp3) is 0.412. The summed E-state index contributed by atoms with van der Waals surface area (Å²) in [5.41, 5.74) is 5.85. The van der Waals surface area contributed by atoms with E-state index in [-0.39, 0.29) is 24.1 Å². The molecule has 1 heterocycles. The standard InChI is InChI=1S/C17H22FN3OS.ClH/c1-3-17(4-2,11-19)15(22)21-16-20-10-13(23-16)9-12-7-5-6-8-14(12)18;/h5-8,10H,3-4,9,11,19H2,1-2H3,(H,20,21,22);1H. The molecule has 1 aromatic carbocycles. The third-order valence-corrected chi connectivity index (χ3v) is 5.24. The highest BCUT2D eigenvalue weighted by atomic mass is 35.5. The van der Waals surface area contributed by atoms with Gasteiger partial charge < -0.3 is 11.1 Å². The van der Waals surface area contributed by atoms with Gasteiger partial charge in [-0.05, 0) is 24.5 Å². The minimum Gasteiger partial charge on any atom is -0.329 e. The van der Waals surface area contributed by atoms with E-state index in [1.54, 1.807) is 24.4 Å². The summed E-state index contributed by atoms with van der Waals surface area (Å²) in [5, 5.41) is 3.38. The predicted octanol–water partition coefficient (Wildman–Crippen LogP) is 4.00. The van der Waals surface area contributed by atoms with Crippen molar-refractivity contribution < 1.29 is 9.18 Å². The molecule has 4 nitrogen and oxygen atoms in total. The minimum atomic E-state index is -0.558. The number of amides is 1. The Morgan fingerprint density at radius 1 is 1.33 bits per heavy atom.